The van der Waals surface area contributed by atoms with Crippen LogP contribution in [0.3, 0.4) is 0 Å². The van der Waals surface area contributed by atoms with Crippen molar-refractivity contribution in [1.29, 1.82) is 0 Å². The quantitative estimate of drug-likeness (QED) is 0.807. The van der Waals surface area contributed by atoms with Crippen LogP contribution >= 0.6 is 0 Å². The molecule has 0 N–H and O–H groups in total. The molecule has 2 aromatic rings. The fourth-order valence-electron chi connectivity index (χ4n) is 3.76. The molecule has 2 aromatic carbocycles. The third kappa shape index (κ3) is 2.99. The monoisotopic (exact) mass is 372 g/mol. The van der Waals surface area contributed by atoms with Gasteiger partial charge in [0, 0.05) is 5.56 Å². The minimum atomic E-state index is -0.710. The van der Waals surface area contributed by atoms with E-state index < -0.39 is 5.79 Å². The predicted octanol–water partition coefficient (Wildman–Crippen LogP) is 4.04. The van der Waals surface area contributed by atoms with Crippen LogP contribution in [-0.2, 0) is 9.47 Å². The summed E-state index contributed by atoms with van der Waals surface area (Å²) in [6, 6.07) is 11.6. The molecular weight excluding hydrogens is 348 g/mol. The highest BCUT2D eigenvalue weighted by atomic mass is 16.8. The first kappa shape index (κ1) is 17.9. The van der Waals surface area contributed by atoms with Crippen molar-refractivity contribution in [3.8, 4) is 23.0 Å². The molecule has 0 saturated carbocycles. The number of benzene rings is 2. The Morgan fingerprint density at radius 2 is 1.56 bits per heavy atom. The zero-order valence-corrected chi connectivity index (χ0v) is 16.1. The molecule has 3 atom stereocenters. The van der Waals surface area contributed by atoms with Crippen LogP contribution in [0.5, 0.6) is 23.0 Å². The molecule has 144 valence electrons. The summed E-state index contributed by atoms with van der Waals surface area (Å²) in [7, 11) is 4.85. The molecule has 0 spiro atoms. The van der Waals surface area contributed by atoms with E-state index >= 15 is 0 Å². The predicted molar refractivity (Wildman–Crippen MR) is 98.7 cm³/mol. The summed E-state index contributed by atoms with van der Waals surface area (Å²) in [5, 5.41) is 0. The average Bonchev–Trinajstić information content (AvgIpc) is 3.01. The molecule has 4 rings (SSSR count). The van der Waals surface area contributed by atoms with Crippen LogP contribution in [0.1, 0.15) is 37.2 Å². The van der Waals surface area contributed by atoms with Crippen LogP contribution in [0.15, 0.2) is 36.4 Å². The Bertz CT molecular complexity index is 829. The van der Waals surface area contributed by atoms with E-state index in [0.29, 0.717) is 17.2 Å². The van der Waals surface area contributed by atoms with Crippen molar-refractivity contribution in [1.82, 2.24) is 0 Å². The lowest BCUT2D eigenvalue weighted by atomic mass is 9.92. The molecule has 2 aliphatic rings. The summed E-state index contributed by atoms with van der Waals surface area (Å²) in [5.41, 5.74) is 1.87. The van der Waals surface area contributed by atoms with E-state index in [9.17, 15) is 0 Å². The van der Waals surface area contributed by atoms with Gasteiger partial charge >= 0.3 is 0 Å². The minimum absolute atomic E-state index is 0.268. The molecule has 1 fully saturated rings. The van der Waals surface area contributed by atoms with Gasteiger partial charge in [0.1, 0.15) is 18.0 Å². The second kappa shape index (κ2) is 6.62. The Hall–Kier alpha value is -2.44. The topological polar surface area (TPSA) is 55.4 Å². The molecular formula is C21H24O6. The van der Waals surface area contributed by atoms with Crippen molar-refractivity contribution in [2.45, 2.75) is 37.9 Å². The fraction of sp³-hybridized carbons (Fsp3) is 0.429. The molecule has 0 unspecified atom stereocenters. The van der Waals surface area contributed by atoms with Crippen LogP contribution in [0.2, 0.25) is 0 Å². The molecule has 6 nitrogen and oxygen atoms in total. The highest BCUT2D eigenvalue weighted by molar-refractivity contribution is 5.58. The van der Waals surface area contributed by atoms with Gasteiger partial charge in [-0.15, -0.1) is 0 Å². The van der Waals surface area contributed by atoms with E-state index in [1.54, 1.807) is 21.3 Å². The summed E-state index contributed by atoms with van der Waals surface area (Å²) in [4.78, 5) is 0. The molecule has 27 heavy (non-hydrogen) atoms. The maximum Gasteiger partial charge on any atom is 0.203 e. The van der Waals surface area contributed by atoms with Crippen molar-refractivity contribution < 1.29 is 28.4 Å². The number of fused-ring (bicyclic) bond motifs is 3. The standard InChI is InChI=1S/C21H24O6/c1-21(2)26-18-14-10-11-15(23-4)19(24-5)17(14)25-16(20(18)27-21)12-6-8-13(22-3)9-7-12/h6-11,16,18,20H,1-5H3/t16-,18+,20-/m0/s1. The summed E-state index contributed by atoms with van der Waals surface area (Å²) < 4.78 is 35.1. The van der Waals surface area contributed by atoms with Crippen molar-refractivity contribution >= 4 is 0 Å². The highest BCUT2D eigenvalue weighted by Crippen LogP contribution is 2.55. The van der Waals surface area contributed by atoms with Gasteiger partial charge in [-0.3, -0.25) is 0 Å². The zero-order valence-electron chi connectivity index (χ0n) is 16.1. The first-order valence-electron chi connectivity index (χ1n) is 8.88. The largest absolute Gasteiger partial charge is 0.497 e. The van der Waals surface area contributed by atoms with Gasteiger partial charge in [0.15, 0.2) is 23.4 Å². The third-order valence-electron chi connectivity index (χ3n) is 4.95. The van der Waals surface area contributed by atoms with Gasteiger partial charge in [-0.1, -0.05) is 12.1 Å². The van der Waals surface area contributed by atoms with E-state index in [2.05, 4.69) is 0 Å². The maximum atomic E-state index is 6.41. The number of hydrogen-bond donors (Lipinski definition) is 0. The third-order valence-corrected chi connectivity index (χ3v) is 4.95. The second-order valence-electron chi connectivity index (χ2n) is 7.05. The molecule has 2 heterocycles. The van der Waals surface area contributed by atoms with Crippen LogP contribution in [0.4, 0.5) is 0 Å². The molecule has 1 saturated heterocycles. The lowest BCUT2D eigenvalue weighted by Gasteiger charge is -2.35. The lowest BCUT2D eigenvalue weighted by molar-refractivity contribution is -0.152. The Morgan fingerprint density at radius 3 is 2.19 bits per heavy atom. The van der Waals surface area contributed by atoms with Gasteiger partial charge in [0.25, 0.3) is 0 Å². The summed E-state index contributed by atoms with van der Waals surface area (Å²) in [5.74, 6) is 1.87. The van der Waals surface area contributed by atoms with Crippen LogP contribution < -0.4 is 18.9 Å². The normalized spacial score (nSPS) is 25.1. The van der Waals surface area contributed by atoms with E-state index in [0.717, 1.165) is 16.9 Å². The summed E-state index contributed by atoms with van der Waals surface area (Å²) in [6.45, 7) is 3.83. The first-order chi connectivity index (χ1) is 13.0. The highest BCUT2D eigenvalue weighted by Gasteiger charge is 2.51. The van der Waals surface area contributed by atoms with E-state index in [1.165, 1.54) is 0 Å². The lowest BCUT2D eigenvalue weighted by Crippen LogP contribution is -2.33. The Kier molecular flexibility index (Phi) is 4.40. The smallest absolute Gasteiger partial charge is 0.203 e. The number of methoxy groups -OCH3 is 3. The maximum absolute atomic E-state index is 6.41. The number of hydrogen-bond acceptors (Lipinski definition) is 6. The molecule has 0 aromatic heterocycles. The molecule has 2 aliphatic heterocycles. The van der Waals surface area contributed by atoms with Crippen molar-refractivity contribution in [3.05, 3.63) is 47.5 Å². The molecule has 0 aliphatic carbocycles. The summed E-state index contributed by atoms with van der Waals surface area (Å²) in [6.07, 6.45) is -0.897. The van der Waals surface area contributed by atoms with Crippen LogP contribution in [-0.4, -0.2) is 33.2 Å². The van der Waals surface area contributed by atoms with Crippen LogP contribution in [0, 0.1) is 0 Å². The van der Waals surface area contributed by atoms with Gasteiger partial charge in [-0.25, -0.2) is 0 Å². The molecule has 0 amide bonds. The molecule has 0 bridgehead atoms. The van der Waals surface area contributed by atoms with Crippen LogP contribution in [0.25, 0.3) is 0 Å². The van der Waals surface area contributed by atoms with Crippen molar-refractivity contribution in [2.75, 3.05) is 21.3 Å². The van der Waals surface area contributed by atoms with Gasteiger partial charge in [-0.2, -0.15) is 0 Å². The summed E-state index contributed by atoms with van der Waals surface area (Å²) >= 11 is 0. The SMILES string of the molecule is COc1ccc([C@@H]2Oc3c(ccc(OC)c3OC)[C@H]3OC(C)(C)O[C@H]32)cc1. The average molecular weight is 372 g/mol. The molecule has 6 heteroatoms. The number of rotatable bonds is 4. The van der Waals surface area contributed by atoms with Gasteiger partial charge in [0.05, 0.1) is 21.3 Å². The first-order valence-corrected chi connectivity index (χ1v) is 8.88. The van der Waals surface area contributed by atoms with Crippen molar-refractivity contribution in [3.63, 3.8) is 0 Å². The van der Waals surface area contributed by atoms with Crippen molar-refractivity contribution in [2.24, 2.45) is 0 Å². The second-order valence-corrected chi connectivity index (χ2v) is 7.05. The van der Waals surface area contributed by atoms with Gasteiger partial charge in [0.2, 0.25) is 5.75 Å². The van der Waals surface area contributed by atoms with E-state index in [4.69, 9.17) is 28.4 Å². The minimum Gasteiger partial charge on any atom is -0.497 e. The van der Waals surface area contributed by atoms with Gasteiger partial charge in [-0.05, 0) is 43.7 Å². The van der Waals surface area contributed by atoms with E-state index in [1.807, 2.05) is 50.2 Å². The molecule has 0 radical (unpaired) electrons. The Balaban J connectivity index is 1.82. The number of ether oxygens (including phenoxy) is 6. The van der Waals surface area contributed by atoms with E-state index in [-0.39, 0.29) is 18.3 Å². The Labute approximate surface area is 158 Å². The van der Waals surface area contributed by atoms with Gasteiger partial charge < -0.3 is 28.4 Å². The fourth-order valence-corrected chi connectivity index (χ4v) is 3.76. The zero-order chi connectivity index (χ0) is 19.2. The Morgan fingerprint density at radius 1 is 0.815 bits per heavy atom.